The van der Waals surface area contributed by atoms with Crippen LogP contribution in [0.5, 0.6) is 0 Å². The van der Waals surface area contributed by atoms with E-state index in [-0.39, 0.29) is 0 Å². The standard InChI is InChI=1S/C22H29N7/c1-2-11-27(10-1)12-4-6-18-5-3-7-19(15-18)21-20-16-24-17-25-22(20)29(26-21)28-13-8-23-9-14-28/h3,5,7,15-17,23H,1-2,4,6,8-14H2. The fraction of sp³-hybridized carbons (Fsp3) is 0.500. The Morgan fingerprint density at radius 2 is 1.90 bits per heavy atom. The molecule has 4 heterocycles. The molecule has 2 saturated heterocycles. The lowest BCUT2D eigenvalue weighted by molar-refractivity contribution is 0.334. The predicted octanol–water partition coefficient (Wildman–Crippen LogP) is 2.06. The maximum absolute atomic E-state index is 4.97. The van der Waals surface area contributed by atoms with E-state index in [2.05, 4.69) is 49.5 Å². The second-order valence-corrected chi connectivity index (χ2v) is 8.05. The molecular formula is C22H29N7. The van der Waals surface area contributed by atoms with Crippen LogP contribution in [0.25, 0.3) is 22.3 Å². The molecule has 7 heteroatoms. The molecule has 2 aliphatic rings. The average Bonchev–Trinajstić information content (AvgIpc) is 3.43. The van der Waals surface area contributed by atoms with E-state index in [9.17, 15) is 0 Å². The number of nitrogens with zero attached hydrogens (tertiary/aromatic N) is 6. The first-order valence-electron chi connectivity index (χ1n) is 10.8. The SMILES string of the molecule is c1cc(CCCN2CCCC2)cc(-c2nn(N3CCNCC3)c3ncncc23)c1. The molecule has 0 atom stereocenters. The van der Waals surface area contributed by atoms with Crippen molar-refractivity contribution < 1.29 is 0 Å². The monoisotopic (exact) mass is 391 g/mol. The van der Waals surface area contributed by atoms with Crippen molar-refractivity contribution >= 4 is 11.0 Å². The van der Waals surface area contributed by atoms with Gasteiger partial charge < -0.3 is 10.2 Å². The number of benzene rings is 1. The van der Waals surface area contributed by atoms with Gasteiger partial charge in [-0.25, -0.2) is 9.97 Å². The second-order valence-electron chi connectivity index (χ2n) is 8.05. The molecule has 2 fully saturated rings. The molecule has 2 aliphatic heterocycles. The minimum atomic E-state index is 0.885. The van der Waals surface area contributed by atoms with Gasteiger partial charge in [-0.15, -0.1) is 5.10 Å². The molecule has 29 heavy (non-hydrogen) atoms. The van der Waals surface area contributed by atoms with Crippen LogP contribution in [0.3, 0.4) is 0 Å². The molecule has 1 N–H and O–H groups in total. The summed E-state index contributed by atoms with van der Waals surface area (Å²) in [6.07, 6.45) is 8.55. The molecule has 7 nitrogen and oxygen atoms in total. The summed E-state index contributed by atoms with van der Waals surface area (Å²) in [6.45, 7) is 7.54. The van der Waals surface area contributed by atoms with E-state index in [1.807, 2.05) is 11.0 Å². The molecule has 5 rings (SSSR count). The van der Waals surface area contributed by atoms with Crippen LogP contribution in [-0.4, -0.2) is 70.6 Å². The van der Waals surface area contributed by atoms with E-state index in [4.69, 9.17) is 5.10 Å². The highest BCUT2D eigenvalue weighted by Gasteiger charge is 2.19. The maximum Gasteiger partial charge on any atom is 0.184 e. The summed E-state index contributed by atoms with van der Waals surface area (Å²) in [6, 6.07) is 8.83. The van der Waals surface area contributed by atoms with Crippen LogP contribution in [0.15, 0.2) is 36.8 Å². The molecule has 2 aromatic heterocycles. The predicted molar refractivity (Wildman–Crippen MR) is 116 cm³/mol. The lowest BCUT2D eigenvalue weighted by Crippen LogP contribution is -2.49. The molecule has 0 aliphatic carbocycles. The first-order chi connectivity index (χ1) is 14.4. The number of piperazine rings is 1. The van der Waals surface area contributed by atoms with E-state index in [0.717, 1.165) is 54.9 Å². The van der Waals surface area contributed by atoms with Crippen molar-refractivity contribution in [1.82, 2.24) is 30.1 Å². The number of aryl methyl sites for hydroxylation is 1. The Hall–Kier alpha value is -2.51. The Morgan fingerprint density at radius 3 is 2.76 bits per heavy atom. The van der Waals surface area contributed by atoms with Crippen molar-refractivity contribution in [1.29, 1.82) is 0 Å². The summed E-state index contributed by atoms with van der Waals surface area (Å²) >= 11 is 0. The molecule has 0 bridgehead atoms. The number of hydrogen-bond acceptors (Lipinski definition) is 6. The van der Waals surface area contributed by atoms with Crippen molar-refractivity contribution in [2.45, 2.75) is 25.7 Å². The van der Waals surface area contributed by atoms with Crippen LogP contribution in [0.1, 0.15) is 24.8 Å². The summed E-state index contributed by atoms with van der Waals surface area (Å²) in [4.78, 5) is 13.4. The Kier molecular flexibility index (Phi) is 5.41. The molecule has 3 aromatic rings. The van der Waals surface area contributed by atoms with Gasteiger partial charge in [-0.2, -0.15) is 4.79 Å². The van der Waals surface area contributed by atoms with Gasteiger partial charge in [0.15, 0.2) is 5.65 Å². The topological polar surface area (TPSA) is 62.1 Å². The smallest absolute Gasteiger partial charge is 0.184 e. The second kappa shape index (κ2) is 8.47. The van der Waals surface area contributed by atoms with Crippen molar-refractivity contribution in [2.75, 3.05) is 50.8 Å². The lowest BCUT2D eigenvalue weighted by Gasteiger charge is -2.28. The normalized spacial score (nSPS) is 18.0. The van der Waals surface area contributed by atoms with E-state index in [1.54, 1.807) is 6.33 Å². The average molecular weight is 392 g/mol. The number of rotatable bonds is 6. The maximum atomic E-state index is 4.97. The highest BCUT2D eigenvalue weighted by Crippen LogP contribution is 2.27. The fourth-order valence-electron chi connectivity index (χ4n) is 4.49. The first-order valence-corrected chi connectivity index (χ1v) is 10.8. The van der Waals surface area contributed by atoms with Gasteiger partial charge in [-0.05, 0) is 56.9 Å². The Balaban J connectivity index is 1.40. The number of aromatic nitrogens is 4. The molecule has 0 saturated carbocycles. The zero-order valence-corrected chi connectivity index (χ0v) is 16.9. The highest BCUT2D eigenvalue weighted by molar-refractivity contribution is 5.90. The molecular weight excluding hydrogens is 362 g/mol. The largest absolute Gasteiger partial charge is 0.313 e. The van der Waals surface area contributed by atoms with Gasteiger partial charge in [-0.1, -0.05) is 18.2 Å². The Morgan fingerprint density at radius 1 is 1.03 bits per heavy atom. The molecule has 0 radical (unpaired) electrons. The fourth-order valence-corrected chi connectivity index (χ4v) is 4.49. The van der Waals surface area contributed by atoms with Gasteiger partial charge in [0.1, 0.15) is 12.0 Å². The van der Waals surface area contributed by atoms with Crippen molar-refractivity contribution in [3.05, 3.63) is 42.4 Å². The molecule has 1 aromatic carbocycles. The molecule has 0 unspecified atom stereocenters. The van der Waals surface area contributed by atoms with E-state index >= 15 is 0 Å². The van der Waals surface area contributed by atoms with Gasteiger partial charge in [0, 0.05) is 37.9 Å². The van der Waals surface area contributed by atoms with Crippen molar-refractivity contribution in [3.8, 4) is 11.3 Å². The summed E-state index contributed by atoms with van der Waals surface area (Å²) < 4.78 is 0. The van der Waals surface area contributed by atoms with Gasteiger partial charge >= 0.3 is 0 Å². The Bertz CT molecular complexity index is 955. The quantitative estimate of drug-likeness (QED) is 0.694. The summed E-state index contributed by atoms with van der Waals surface area (Å²) in [5.74, 6) is 0. The number of nitrogens with one attached hydrogen (secondary N) is 1. The minimum absolute atomic E-state index is 0.885. The van der Waals surface area contributed by atoms with Gasteiger partial charge in [0.05, 0.1) is 5.39 Å². The summed E-state index contributed by atoms with van der Waals surface area (Å²) in [5.41, 5.74) is 4.39. The minimum Gasteiger partial charge on any atom is -0.313 e. The van der Waals surface area contributed by atoms with E-state index < -0.39 is 0 Å². The van der Waals surface area contributed by atoms with E-state index in [1.165, 1.54) is 44.5 Å². The zero-order chi connectivity index (χ0) is 19.5. The van der Waals surface area contributed by atoms with Crippen LogP contribution in [0.2, 0.25) is 0 Å². The van der Waals surface area contributed by atoms with Gasteiger partial charge in [-0.3, -0.25) is 5.01 Å². The lowest BCUT2D eigenvalue weighted by atomic mass is 10.0. The third-order valence-electron chi connectivity index (χ3n) is 6.03. The summed E-state index contributed by atoms with van der Waals surface area (Å²) in [7, 11) is 0. The first kappa shape index (κ1) is 18.5. The van der Waals surface area contributed by atoms with Crippen LogP contribution in [0, 0.1) is 0 Å². The summed E-state index contributed by atoms with van der Waals surface area (Å²) in [5, 5.41) is 11.6. The van der Waals surface area contributed by atoms with Crippen LogP contribution in [0.4, 0.5) is 0 Å². The number of likely N-dealkylation sites (tertiary alicyclic amines) is 1. The van der Waals surface area contributed by atoms with Crippen LogP contribution >= 0.6 is 0 Å². The number of fused-ring (bicyclic) bond motifs is 1. The highest BCUT2D eigenvalue weighted by atomic mass is 15.7. The molecule has 0 amide bonds. The van der Waals surface area contributed by atoms with Crippen LogP contribution in [-0.2, 0) is 6.42 Å². The van der Waals surface area contributed by atoms with Gasteiger partial charge in [0.25, 0.3) is 0 Å². The van der Waals surface area contributed by atoms with E-state index in [0.29, 0.717) is 0 Å². The zero-order valence-electron chi connectivity index (χ0n) is 16.9. The van der Waals surface area contributed by atoms with Gasteiger partial charge in [0.2, 0.25) is 0 Å². The van der Waals surface area contributed by atoms with Crippen LogP contribution < -0.4 is 10.3 Å². The Labute approximate surface area is 171 Å². The number of hydrogen-bond donors (Lipinski definition) is 1. The third kappa shape index (κ3) is 3.97. The third-order valence-corrected chi connectivity index (χ3v) is 6.03. The molecule has 152 valence electrons. The molecule has 0 spiro atoms. The van der Waals surface area contributed by atoms with Crippen molar-refractivity contribution in [3.63, 3.8) is 0 Å². The van der Waals surface area contributed by atoms with Crippen molar-refractivity contribution in [2.24, 2.45) is 0 Å².